The third-order valence-electron chi connectivity index (χ3n) is 3.58. The number of thiocarbonyl (C=S) groups is 1. The van der Waals surface area contributed by atoms with Gasteiger partial charge in [-0.1, -0.05) is 44.2 Å². The van der Waals surface area contributed by atoms with Gasteiger partial charge in [0.2, 0.25) is 0 Å². The zero-order chi connectivity index (χ0) is 15.1. The van der Waals surface area contributed by atoms with Gasteiger partial charge in [0.15, 0.2) is 5.11 Å². The third-order valence-corrected chi connectivity index (χ3v) is 5.07. The van der Waals surface area contributed by atoms with E-state index < -0.39 is 0 Å². The summed E-state index contributed by atoms with van der Waals surface area (Å²) < 4.78 is 0.789. The van der Waals surface area contributed by atoms with Gasteiger partial charge in [0.25, 0.3) is 0 Å². The van der Waals surface area contributed by atoms with Crippen molar-refractivity contribution in [3.05, 3.63) is 21.3 Å². The number of thiophene rings is 1. The smallest absolute Gasteiger partial charge is 0.187 e. The molecule has 1 fully saturated rings. The molecule has 1 saturated carbocycles. The third kappa shape index (κ3) is 5.57. The molecule has 6 heteroatoms. The van der Waals surface area contributed by atoms with Crippen LogP contribution in [0, 0.1) is 0 Å². The summed E-state index contributed by atoms with van der Waals surface area (Å²) in [6.07, 6.45) is 8.28. The molecular formula is C15H22ClN3S2. The van der Waals surface area contributed by atoms with Crippen molar-refractivity contribution in [2.75, 3.05) is 0 Å². The lowest BCUT2D eigenvalue weighted by atomic mass is 9.96. The molecule has 0 unspecified atom stereocenters. The Labute approximate surface area is 141 Å². The molecule has 0 radical (unpaired) electrons. The van der Waals surface area contributed by atoms with Crippen molar-refractivity contribution in [3.8, 4) is 0 Å². The van der Waals surface area contributed by atoms with Gasteiger partial charge in [0.05, 0.1) is 14.9 Å². The zero-order valence-electron chi connectivity index (χ0n) is 12.3. The number of nitrogens with one attached hydrogen (secondary N) is 2. The minimum absolute atomic E-state index is 0.500. The first-order chi connectivity index (χ1) is 10.2. The normalized spacial score (nSPS) is 16.8. The van der Waals surface area contributed by atoms with Crippen LogP contribution in [0.4, 0.5) is 0 Å². The van der Waals surface area contributed by atoms with Gasteiger partial charge in [-0.15, -0.1) is 11.3 Å². The summed E-state index contributed by atoms with van der Waals surface area (Å²) in [5, 5.41) is 8.46. The van der Waals surface area contributed by atoms with E-state index in [4.69, 9.17) is 23.8 Å². The lowest BCUT2D eigenvalue weighted by Gasteiger charge is -2.23. The van der Waals surface area contributed by atoms with Crippen LogP contribution < -0.4 is 10.7 Å². The molecule has 0 aliphatic heterocycles. The van der Waals surface area contributed by atoms with Crippen molar-refractivity contribution >= 4 is 46.0 Å². The van der Waals surface area contributed by atoms with Crippen LogP contribution in [-0.2, 0) is 0 Å². The van der Waals surface area contributed by atoms with Crippen molar-refractivity contribution in [1.82, 2.24) is 10.7 Å². The SMILES string of the molecule is CCCC(=NNC(=S)NC1CCCCC1)c1ccc(Cl)s1. The summed E-state index contributed by atoms with van der Waals surface area (Å²) in [5.74, 6) is 0. The quantitative estimate of drug-likeness (QED) is 0.462. The molecule has 1 aliphatic carbocycles. The highest BCUT2D eigenvalue weighted by Crippen LogP contribution is 2.23. The maximum atomic E-state index is 6.00. The zero-order valence-corrected chi connectivity index (χ0v) is 14.7. The Morgan fingerprint density at radius 3 is 2.76 bits per heavy atom. The van der Waals surface area contributed by atoms with Crippen LogP contribution in [0.15, 0.2) is 17.2 Å². The highest BCUT2D eigenvalue weighted by atomic mass is 35.5. The molecule has 21 heavy (non-hydrogen) atoms. The minimum atomic E-state index is 0.500. The molecule has 1 heterocycles. The largest absolute Gasteiger partial charge is 0.359 e. The van der Waals surface area contributed by atoms with E-state index in [2.05, 4.69) is 22.8 Å². The molecule has 3 nitrogen and oxygen atoms in total. The van der Waals surface area contributed by atoms with E-state index in [1.54, 1.807) is 11.3 Å². The second-order valence-electron chi connectivity index (χ2n) is 5.33. The van der Waals surface area contributed by atoms with E-state index >= 15 is 0 Å². The Morgan fingerprint density at radius 1 is 1.38 bits per heavy atom. The van der Waals surface area contributed by atoms with Gasteiger partial charge < -0.3 is 5.32 Å². The minimum Gasteiger partial charge on any atom is -0.359 e. The lowest BCUT2D eigenvalue weighted by molar-refractivity contribution is 0.412. The predicted molar refractivity (Wildman–Crippen MR) is 96.5 cm³/mol. The van der Waals surface area contributed by atoms with E-state index in [1.807, 2.05) is 12.1 Å². The van der Waals surface area contributed by atoms with Crippen molar-refractivity contribution in [3.63, 3.8) is 0 Å². The molecular weight excluding hydrogens is 322 g/mol. The number of halogens is 1. The Kier molecular flexibility index (Phi) is 6.93. The number of hydrogen-bond acceptors (Lipinski definition) is 3. The van der Waals surface area contributed by atoms with Gasteiger partial charge in [-0.05, 0) is 43.6 Å². The summed E-state index contributed by atoms with van der Waals surface area (Å²) >= 11 is 12.9. The average Bonchev–Trinajstić information content (AvgIpc) is 2.91. The maximum Gasteiger partial charge on any atom is 0.187 e. The second kappa shape index (κ2) is 8.71. The molecule has 116 valence electrons. The summed E-state index contributed by atoms with van der Waals surface area (Å²) in [7, 11) is 0. The highest BCUT2D eigenvalue weighted by molar-refractivity contribution is 7.80. The molecule has 2 rings (SSSR count). The number of hydrogen-bond donors (Lipinski definition) is 2. The van der Waals surface area contributed by atoms with E-state index in [1.165, 1.54) is 32.1 Å². The fourth-order valence-electron chi connectivity index (χ4n) is 2.52. The van der Waals surface area contributed by atoms with Crippen LogP contribution in [-0.4, -0.2) is 16.9 Å². The molecule has 0 bridgehead atoms. The first-order valence-electron chi connectivity index (χ1n) is 7.58. The molecule has 0 amide bonds. The number of hydrazone groups is 1. The van der Waals surface area contributed by atoms with Gasteiger partial charge in [-0.3, -0.25) is 5.43 Å². The summed E-state index contributed by atoms with van der Waals surface area (Å²) in [4.78, 5) is 1.11. The van der Waals surface area contributed by atoms with Gasteiger partial charge >= 0.3 is 0 Å². The van der Waals surface area contributed by atoms with Crippen molar-refractivity contribution in [2.24, 2.45) is 5.10 Å². The Bertz CT molecular complexity index is 493. The van der Waals surface area contributed by atoms with E-state index in [9.17, 15) is 0 Å². The van der Waals surface area contributed by atoms with Crippen LogP contribution in [0.2, 0.25) is 4.34 Å². The molecule has 1 aromatic heterocycles. The summed E-state index contributed by atoms with van der Waals surface area (Å²) in [5.41, 5.74) is 4.01. The van der Waals surface area contributed by atoms with Crippen molar-refractivity contribution in [1.29, 1.82) is 0 Å². The Balaban J connectivity index is 1.90. The summed E-state index contributed by atoms with van der Waals surface area (Å²) in [6.45, 7) is 2.14. The van der Waals surface area contributed by atoms with Gasteiger partial charge in [0.1, 0.15) is 0 Å². The number of nitrogens with zero attached hydrogens (tertiary/aromatic N) is 1. The lowest BCUT2D eigenvalue weighted by Crippen LogP contribution is -2.41. The van der Waals surface area contributed by atoms with Crippen LogP contribution in [0.1, 0.15) is 56.7 Å². The predicted octanol–water partition coefficient (Wildman–Crippen LogP) is 4.70. The Hall–Kier alpha value is -0.650. The average molecular weight is 344 g/mol. The van der Waals surface area contributed by atoms with Gasteiger partial charge in [-0.25, -0.2) is 0 Å². The first-order valence-corrected chi connectivity index (χ1v) is 9.18. The van der Waals surface area contributed by atoms with Crippen LogP contribution in [0.25, 0.3) is 0 Å². The van der Waals surface area contributed by atoms with Crippen LogP contribution in [0.5, 0.6) is 0 Å². The van der Waals surface area contributed by atoms with Crippen LogP contribution in [0.3, 0.4) is 0 Å². The highest BCUT2D eigenvalue weighted by Gasteiger charge is 2.14. The van der Waals surface area contributed by atoms with Crippen molar-refractivity contribution < 1.29 is 0 Å². The molecule has 0 saturated heterocycles. The Morgan fingerprint density at radius 2 is 2.14 bits per heavy atom. The molecule has 0 spiro atoms. The molecule has 1 aliphatic rings. The van der Waals surface area contributed by atoms with Gasteiger partial charge in [-0.2, -0.15) is 5.10 Å². The molecule has 0 atom stereocenters. The fraction of sp³-hybridized carbons (Fsp3) is 0.600. The first kappa shape index (κ1) is 16.7. The van der Waals surface area contributed by atoms with E-state index in [0.717, 1.165) is 27.8 Å². The van der Waals surface area contributed by atoms with E-state index in [-0.39, 0.29) is 0 Å². The number of rotatable bonds is 5. The van der Waals surface area contributed by atoms with Crippen LogP contribution >= 0.6 is 35.2 Å². The topological polar surface area (TPSA) is 36.4 Å². The second-order valence-corrected chi connectivity index (χ2v) is 7.46. The van der Waals surface area contributed by atoms with E-state index in [0.29, 0.717) is 11.2 Å². The fourth-order valence-corrected chi connectivity index (χ4v) is 3.80. The monoisotopic (exact) mass is 343 g/mol. The summed E-state index contributed by atoms with van der Waals surface area (Å²) in [6, 6.07) is 4.42. The molecule has 2 N–H and O–H groups in total. The van der Waals surface area contributed by atoms with Gasteiger partial charge in [0, 0.05) is 6.04 Å². The maximum absolute atomic E-state index is 6.00. The standard InChI is InChI=1S/C15H22ClN3S2/c1-2-6-12(13-9-10-14(16)21-13)18-19-15(20)17-11-7-4-3-5-8-11/h9-11H,2-8H2,1H3,(H2,17,19,20). The molecule has 0 aromatic carbocycles. The molecule has 1 aromatic rings. The van der Waals surface area contributed by atoms with Crippen molar-refractivity contribution in [2.45, 2.75) is 57.9 Å².